The van der Waals surface area contributed by atoms with Crippen LogP contribution < -0.4 is 10.1 Å². The van der Waals surface area contributed by atoms with Crippen molar-refractivity contribution in [3.8, 4) is 5.75 Å². The van der Waals surface area contributed by atoms with Crippen molar-refractivity contribution < 1.29 is 9.53 Å². The van der Waals surface area contributed by atoms with Crippen LogP contribution in [0.2, 0.25) is 0 Å². The molecule has 1 aromatic rings. The number of hydrogen-bond acceptors (Lipinski definition) is 2. The number of ether oxygens (including phenoxy) is 1. The summed E-state index contributed by atoms with van der Waals surface area (Å²) in [7, 11) is 0. The van der Waals surface area contributed by atoms with Crippen LogP contribution in [0.1, 0.15) is 51.7 Å². The molecule has 124 valence electrons. The van der Waals surface area contributed by atoms with E-state index in [1.165, 1.54) is 11.1 Å². The molecule has 1 aromatic carbocycles. The van der Waals surface area contributed by atoms with Gasteiger partial charge in [-0.1, -0.05) is 39.8 Å². The number of carbonyl (C=O) groups is 1. The minimum Gasteiger partial charge on any atom is -0.491 e. The number of alkyl halides is 1. The minimum atomic E-state index is 0.0293. The Kier molecular flexibility index (Phi) is 7.74. The van der Waals surface area contributed by atoms with Crippen molar-refractivity contribution >= 4 is 17.5 Å². The molecule has 0 saturated heterocycles. The molecule has 1 N–H and O–H groups in total. The molecular formula is C18H28ClNO2. The average Bonchev–Trinajstić information content (AvgIpc) is 2.48. The lowest BCUT2D eigenvalue weighted by Gasteiger charge is -2.23. The summed E-state index contributed by atoms with van der Waals surface area (Å²) < 4.78 is 5.88. The van der Waals surface area contributed by atoms with Gasteiger partial charge in [0.15, 0.2) is 0 Å². The molecule has 1 rings (SSSR count). The summed E-state index contributed by atoms with van der Waals surface area (Å²) in [6, 6.07) is 6.35. The summed E-state index contributed by atoms with van der Waals surface area (Å²) in [6.07, 6.45) is 2.20. The molecule has 0 spiro atoms. The van der Waals surface area contributed by atoms with Gasteiger partial charge in [-0.15, -0.1) is 11.6 Å². The van der Waals surface area contributed by atoms with Gasteiger partial charge in [-0.05, 0) is 35.4 Å². The first-order valence-electron chi connectivity index (χ1n) is 7.97. The van der Waals surface area contributed by atoms with Gasteiger partial charge in [-0.3, -0.25) is 4.79 Å². The van der Waals surface area contributed by atoms with Gasteiger partial charge < -0.3 is 10.1 Å². The van der Waals surface area contributed by atoms with Crippen molar-refractivity contribution in [3.05, 3.63) is 29.3 Å². The Bertz CT molecular complexity index is 480. The first kappa shape index (κ1) is 18.8. The molecule has 0 unspecified atom stereocenters. The highest BCUT2D eigenvalue weighted by molar-refractivity contribution is 6.17. The zero-order chi connectivity index (χ0) is 16.6. The fourth-order valence-corrected chi connectivity index (χ4v) is 2.31. The SMILES string of the molecule is CCc1ccc(OCCNC(=O)CCCCl)c(C(C)(C)C)c1. The van der Waals surface area contributed by atoms with Gasteiger partial charge in [-0.25, -0.2) is 0 Å². The highest BCUT2D eigenvalue weighted by Crippen LogP contribution is 2.32. The first-order valence-corrected chi connectivity index (χ1v) is 8.50. The zero-order valence-corrected chi connectivity index (χ0v) is 14.9. The Morgan fingerprint density at radius 3 is 2.64 bits per heavy atom. The summed E-state index contributed by atoms with van der Waals surface area (Å²) in [5.74, 6) is 1.45. The monoisotopic (exact) mass is 325 g/mol. The van der Waals surface area contributed by atoms with E-state index in [-0.39, 0.29) is 11.3 Å². The van der Waals surface area contributed by atoms with Crippen molar-refractivity contribution in [1.82, 2.24) is 5.32 Å². The third kappa shape index (κ3) is 6.27. The van der Waals surface area contributed by atoms with E-state index >= 15 is 0 Å². The third-order valence-corrected chi connectivity index (χ3v) is 3.75. The molecule has 0 aliphatic carbocycles. The fraction of sp³-hybridized carbons (Fsp3) is 0.611. The Balaban J connectivity index is 2.57. The van der Waals surface area contributed by atoms with Crippen LogP contribution in [0.3, 0.4) is 0 Å². The third-order valence-electron chi connectivity index (χ3n) is 3.48. The van der Waals surface area contributed by atoms with Crippen LogP contribution in [0.25, 0.3) is 0 Å². The van der Waals surface area contributed by atoms with Crippen LogP contribution in [0.15, 0.2) is 18.2 Å². The van der Waals surface area contributed by atoms with Crippen LogP contribution in [-0.2, 0) is 16.6 Å². The molecule has 22 heavy (non-hydrogen) atoms. The maximum absolute atomic E-state index is 11.5. The van der Waals surface area contributed by atoms with Crippen LogP contribution in [0.4, 0.5) is 0 Å². The van der Waals surface area contributed by atoms with E-state index in [1.54, 1.807) is 0 Å². The van der Waals surface area contributed by atoms with Gasteiger partial charge in [0.1, 0.15) is 12.4 Å². The van der Waals surface area contributed by atoms with Gasteiger partial charge >= 0.3 is 0 Å². The number of hydrogen-bond donors (Lipinski definition) is 1. The lowest BCUT2D eigenvalue weighted by molar-refractivity contribution is -0.121. The quantitative estimate of drug-likeness (QED) is 0.578. The maximum Gasteiger partial charge on any atom is 0.220 e. The summed E-state index contributed by atoms with van der Waals surface area (Å²) in [5.41, 5.74) is 2.55. The van der Waals surface area contributed by atoms with Crippen molar-refractivity contribution in [1.29, 1.82) is 0 Å². The number of halogens is 1. The fourth-order valence-electron chi connectivity index (χ4n) is 2.18. The largest absolute Gasteiger partial charge is 0.491 e. The second-order valence-corrected chi connectivity index (χ2v) is 6.80. The number of carbonyl (C=O) groups excluding carboxylic acids is 1. The topological polar surface area (TPSA) is 38.3 Å². The van der Waals surface area contributed by atoms with Gasteiger partial charge in [0.2, 0.25) is 5.91 Å². The summed E-state index contributed by atoms with van der Waals surface area (Å²) in [6.45, 7) is 9.69. The van der Waals surface area contributed by atoms with Crippen LogP contribution in [-0.4, -0.2) is 24.9 Å². The summed E-state index contributed by atoms with van der Waals surface area (Å²) in [5, 5.41) is 2.85. The van der Waals surface area contributed by atoms with Crippen molar-refractivity contribution in [2.75, 3.05) is 19.0 Å². The Labute approximate surface area is 139 Å². The molecule has 0 fully saturated rings. The molecule has 3 nitrogen and oxygen atoms in total. The van der Waals surface area contributed by atoms with E-state index in [9.17, 15) is 4.79 Å². The lowest BCUT2D eigenvalue weighted by atomic mass is 9.85. The van der Waals surface area contributed by atoms with Crippen LogP contribution in [0.5, 0.6) is 5.75 Å². The number of aryl methyl sites for hydroxylation is 1. The molecule has 0 bridgehead atoms. The molecule has 0 aliphatic rings. The second kappa shape index (κ2) is 9.04. The lowest BCUT2D eigenvalue weighted by Crippen LogP contribution is -2.28. The Morgan fingerprint density at radius 1 is 1.32 bits per heavy atom. The van der Waals surface area contributed by atoms with Crippen LogP contribution >= 0.6 is 11.6 Å². The van der Waals surface area contributed by atoms with Crippen molar-refractivity contribution in [3.63, 3.8) is 0 Å². The molecule has 0 heterocycles. The van der Waals surface area contributed by atoms with E-state index in [4.69, 9.17) is 16.3 Å². The molecule has 0 aromatic heterocycles. The second-order valence-electron chi connectivity index (χ2n) is 6.43. The summed E-state index contributed by atoms with van der Waals surface area (Å²) in [4.78, 5) is 11.5. The number of nitrogens with one attached hydrogen (secondary N) is 1. The Hall–Kier alpha value is -1.22. The van der Waals surface area contributed by atoms with Crippen LogP contribution in [0, 0.1) is 0 Å². The predicted octanol–water partition coefficient (Wildman–Crippen LogP) is 4.06. The molecule has 0 atom stereocenters. The standard InChI is InChI=1S/C18H28ClNO2/c1-5-14-8-9-16(15(13-14)18(2,3)4)22-12-11-20-17(21)7-6-10-19/h8-9,13H,5-7,10-12H2,1-4H3,(H,20,21). The normalized spacial score (nSPS) is 11.3. The number of benzene rings is 1. The van der Waals surface area contributed by atoms with E-state index < -0.39 is 0 Å². The number of amides is 1. The van der Waals surface area contributed by atoms with E-state index in [2.05, 4.69) is 45.1 Å². The summed E-state index contributed by atoms with van der Waals surface area (Å²) >= 11 is 5.57. The smallest absolute Gasteiger partial charge is 0.220 e. The van der Waals surface area contributed by atoms with Crippen molar-refractivity contribution in [2.24, 2.45) is 0 Å². The zero-order valence-electron chi connectivity index (χ0n) is 14.2. The first-order chi connectivity index (χ1) is 10.4. The highest BCUT2D eigenvalue weighted by Gasteiger charge is 2.19. The Morgan fingerprint density at radius 2 is 2.05 bits per heavy atom. The van der Waals surface area contributed by atoms with E-state index in [0.29, 0.717) is 31.9 Å². The van der Waals surface area contributed by atoms with E-state index in [1.807, 2.05) is 6.07 Å². The van der Waals surface area contributed by atoms with Gasteiger partial charge in [0, 0.05) is 12.3 Å². The number of rotatable bonds is 8. The van der Waals surface area contributed by atoms with Gasteiger partial charge in [-0.2, -0.15) is 0 Å². The molecule has 0 radical (unpaired) electrons. The molecular weight excluding hydrogens is 298 g/mol. The van der Waals surface area contributed by atoms with Crippen molar-refractivity contribution in [2.45, 2.75) is 52.4 Å². The predicted molar refractivity (Wildman–Crippen MR) is 93.0 cm³/mol. The van der Waals surface area contributed by atoms with E-state index in [0.717, 1.165) is 12.2 Å². The maximum atomic E-state index is 11.5. The minimum absolute atomic E-state index is 0.0293. The molecule has 4 heteroatoms. The molecule has 0 saturated carbocycles. The van der Waals surface area contributed by atoms with Gasteiger partial charge in [0.05, 0.1) is 6.54 Å². The molecule has 1 amide bonds. The average molecular weight is 326 g/mol. The highest BCUT2D eigenvalue weighted by atomic mass is 35.5. The molecule has 0 aliphatic heterocycles. The van der Waals surface area contributed by atoms with Gasteiger partial charge in [0.25, 0.3) is 0 Å².